The SMILES string of the molecule is C=CC(C)Nc1ccc(C#N)cc1F. The van der Waals surface area contributed by atoms with Crippen LogP contribution in [-0.2, 0) is 0 Å². The maximum Gasteiger partial charge on any atom is 0.147 e. The molecular formula is C11H11FN2. The van der Waals surface area contributed by atoms with Gasteiger partial charge in [-0.25, -0.2) is 4.39 Å². The second-order valence-corrected chi connectivity index (χ2v) is 2.98. The van der Waals surface area contributed by atoms with Crippen molar-refractivity contribution in [3.8, 4) is 6.07 Å². The molecule has 0 bridgehead atoms. The molecule has 1 aromatic carbocycles. The van der Waals surface area contributed by atoms with Crippen LogP contribution < -0.4 is 5.32 Å². The first-order chi connectivity index (χ1) is 6.67. The van der Waals surface area contributed by atoms with Gasteiger partial charge < -0.3 is 5.32 Å². The molecule has 0 amide bonds. The highest BCUT2D eigenvalue weighted by atomic mass is 19.1. The van der Waals surface area contributed by atoms with E-state index < -0.39 is 5.82 Å². The van der Waals surface area contributed by atoms with Crippen molar-refractivity contribution >= 4 is 5.69 Å². The topological polar surface area (TPSA) is 35.8 Å². The van der Waals surface area contributed by atoms with Gasteiger partial charge in [0.15, 0.2) is 0 Å². The molecule has 1 rings (SSSR count). The first-order valence-electron chi connectivity index (χ1n) is 4.26. The van der Waals surface area contributed by atoms with E-state index in [-0.39, 0.29) is 6.04 Å². The van der Waals surface area contributed by atoms with Gasteiger partial charge in [0.1, 0.15) is 5.82 Å². The van der Waals surface area contributed by atoms with Crippen LogP contribution in [0.1, 0.15) is 12.5 Å². The van der Waals surface area contributed by atoms with Crippen molar-refractivity contribution < 1.29 is 4.39 Å². The van der Waals surface area contributed by atoms with Gasteiger partial charge in [-0.1, -0.05) is 6.08 Å². The number of hydrogen-bond donors (Lipinski definition) is 1. The summed E-state index contributed by atoms with van der Waals surface area (Å²) in [4.78, 5) is 0. The van der Waals surface area contributed by atoms with Crippen LogP contribution >= 0.6 is 0 Å². The van der Waals surface area contributed by atoms with E-state index in [1.807, 2.05) is 13.0 Å². The van der Waals surface area contributed by atoms with Gasteiger partial charge in [0, 0.05) is 6.04 Å². The molecule has 14 heavy (non-hydrogen) atoms. The monoisotopic (exact) mass is 190 g/mol. The fraction of sp³-hybridized carbons (Fsp3) is 0.182. The number of halogens is 1. The summed E-state index contributed by atoms with van der Waals surface area (Å²) in [6, 6.07) is 6.20. The highest BCUT2D eigenvalue weighted by Crippen LogP contribution is 2.16. The molecule has 72 valence electrons. The van der Waals surface area contributed by atoms with E-state index >= 15 is 0 Å². The van der Waals surface area contributed by atoms with Gasteiger partial charge in [0.2, 0.25) is 0 Å². The second kappa shape index (κ2) is 4.43. The van der Waals surface area contributed by atoms with E-state index in [2.05, 4.69) is 11.9 Å². The van der Waals surface area contributed by atoms with Gasteiger partial charge in [-0.3, -0.25) is 0 Å². The normalized spacial score (nSPS) is 11.5. The van der Waals surface area contributed by atoms with Gasteiger partial charge in [0.05, 0.1) is 17.3 Å². The van der Waals surface area contributed by atoms with E-state index in [0.717, 1.165) is 0 Å². The van der Waals surface area contributed by atoms with E-state index in [1.165, 1.54) is 6.07 Å². The average molecular weight is 190 g/mol. The Morgan fingerprint density at radius 2 is 2.36 bits per heavy atom. The zero-order valence-electron chi connectivity index (χ0n) is 7.92. The minimum atomic E-state index is -0.419. The van der Waals surface area contributed by atoms with Crippen LogP contribution in [0.25, 0.3) is 0 Å². The third-order valence-corrected chi connectivity index (χ3v) is 1.83. The third kappa shape index (κ3) is 2.33. The molecule has 0 aliphatic heterocycles. The van der Waals surface area contributed by atoms with Crippen LogP contribution in [0.15, 0.2) is 30.9 Å². The fourth-order valence-electron chi connectivity index (χ4n) is 1.01. The Morgan fingerprint density at radius 3 is 2.86 bits per heavy atom. The van der Waals surface area contributed by atoms with Crippen molar-refractivity contribution in [2.24, 2.45) is 0 Å². The molecule has 0 spiro atoms. The van der Waals surface area contributed by atoms with Gasteiger partial charge in [-0.15, -0.1) is 6.58 Å². The lowest BCUT2D eigenvalue weighted by Crippen LogP contribution is -2.12. The number of anilines is 1. The zero-order valence-corrected chi connectivity index (χ0v) is 7.92. The number of rotatable bonds is 3. The highest BCUT2D eigenvalue weighted by Gasteiger charge is 2.04. The first-order valence-corrected chi connectivity index (χ1v) is 4.26. The van der Waals surface area contributed by atoms with Crippen LogP contribution in [0.2, 0.25) is 0 Å². The minimum absolute atomic E-state index is 0.00237. The third-order valence-electron chi connectivity index (χ3n) is 1.83. The van der Waals surface area contributed by atoms with Gasteiger partial charge in [0.25, 0.3) is 0 Å². The Labute approximate surface area is 82.7 Å². The molecule has 1 aromatic rings. The van der Waals surface area contributed by atoms with E-state index in [0.29, 0.717) is 11.3 Å². The molecular weight excluding hydrogens is 179 g/mol. The van der Waals surface area contributed by atoms with Crippen molar-refractivity contribution in [1.29, 1.82) is 5.26 Å². The van der Waals surface area contributed by atoms with Crippen LogP contribution in [0.3, 0.4) is 0 Å². The Balaban J connectivity index is 2.90. The molecule has 1 unspecified atom stereocenters. The summed E-state index contributed by atoms with van der Waals surface area (Å²) >= 11 is 0. The summed E-state index contributed by atoms with van der Waals surface area (Å²) < 4.78 is 13.3. The maximum atomic E-state index is 13.3. The molecule has 1 atom stereocenters. The Hall–Kier alpha value is -1.82. The Bertz CT molecular complexity index is 379. The molecule has 0 saturated heterocycles. The van der Waals surface area contributed by atoms with Gasteiger partial charge >= 0.3 is 0 Å². The van der Waals surface area contributed by atoms with Gasteiger partial charge in [-0.05, 0) is 25.1 Å². The molecule has 3 heteroatoms. The molecule has 2 nitrogen and oxygen atoms in total. The van der Waals surface area contributed by atoms with Gasteiger partial charge in [-0.2, -0.15) is 5.26 Å². The number of nitrogens with zero attached hydrogens (tertiary/aromatic N) is 1. The summed E-state index contributed by atoms with van der Waals surface area (Å²) in [7, 11) is 0. The Kier molecular flexibility index (Phi) is 3.24. The highest BCUT2D eigenvalue weighted by molar-refractivity contribution is 5.49. The lowest BCUT2D eigenvalue weighted by atomic mass is 10.2. The quantitative estimate of drug-likeness (QED) is 0.744. The second-order valence-electron chi connectivity index (χ2n) is 2.98. The number of hydrogen-bond acceptors (Lipinski definition) is 2. The van der Waals surface area contributed by atoms with Crippen molar-refractivity contribution in [1.82, 2.24) is 0 Å². The molecule has 0 heterocycles. The van der Waals surface area contributed by atoms with Crippen molar-refractivity contribution in [2.75, 3.05) is 5.32 Å². The lowest BCUT2D eigenvalue weighted by molar-refractivity contribution is 0.628. The van der Waals surface area contributed by atoms with E-state index in [4.69, 9.17) is 5.26 Å². The number of nitrogens with one attached hydrogen (secondary N) is 1. The summed E-state index contributed by atoms with van der Waals surface area (Å²) in [5.74, 6) is -0.419. The van der Waals surface area contributed by atoms with E-state index in [9.17, 15) is 4.39 Å². The van der Waals surface area contributed by atoms with Crippen LogP contribution in [0.5, 0.6) is 0 Å². The summed E-state index contributed by atoms with van der Waals surface area (Å²) in [6.45, 7) is 5.45. The predicted molar refractivity (Wildman–Crippen MR) is 54.4 cm³/mol. The lowest BCUT2D eigenvalue weighted by Gasteiger charge is -2.11. The summed E-state index contributed by atoms with van der Waals surface area (Å²) in [5.41, 5.74) is 0.704. The molecule has 0 aliphatic rings. The smallest absolute Gasteiger partial charge is 0.147 e. The first kappa shape index (κ1) is 10.3. The van der Waals surface area contributed by atoms with Crippen molar-refractivity contribution in [3.05, 3.63) is 42.2 Å². The fourth-order valence-corrected chi connectivity index (χ4v) is 1.01. The molecule has 0 radical (unpaired) electrons. The van der Waals surface area contributed by atoms with Crippen LogP contribution in [-0.4, -0.2) is 6.04 Å². The number of benzene rings is 1. The molecule has 0 fully saturated rings. The minimum Gasteiger partial charge on any atom is -0.377 e. The van der Waals surface area contributed by atoms with E-state index in [1.54, 1.807) is 18.2 Å². The average Bonchev–Trinajstić information content (AvgIpc) is 2.20. The van der Waals surface area contributed by atoms with Crippen LogP contribution in [0, 0.1) is 17.1 Å². The molecule has 0 saturated carbocycles. The van der Waals surface area contributed by atoms with Crippen molar-refractivity contribution in [2.45, 2.75) is 13.0 Å². The molecule has 1 N–H and O–H groups in total. The summed E-state index contributed by atoms with van der Waals surface area (Å²) in [6.07, 6.45) is 1.68. The number of nitriles is 1. The molecule has 0 aliphatic carbocycles. The largest absolute Gasteiger partial charge is 0.377 e. The molecule has 0 aromatic heterocycles. The predicted octanol–water partition coefficient (Wildman–Crippen LogP) is 2.68. The van der Waals surface area contributed by atoms with Crippen LogP contribution in [0.4, 0.5) is 10.1 Å². The maximum absolute atomic E-state index is 13.3. The summed E-state index contributed by atoms with van der Waals surface area (Å²) in [5, 5.41) is 11.4. The standard InChI is InChI=1S/C11H11FN2/c1-3-8(2)14-11-5-4-9(7-13)6-10(11)12/h3-6,8,14H,1H2,2H3. The zero-order chi connectivity index (χ0) is 10.6. The Morgan fingerprint density at radius 1 is 1.64 bits per heavy atom. The van der Waals surface area contributed by atoms with Crippen molar-refractivity contribution in [3.63, 3.8) is 0 Å².